The molecule has 1 heterocycles. The zero-order chi connectivity index (χ0) is 24.3. The lowest BCUT2D eigenvalue weighted by Gasteiger charge is -2.26. The molecule has 0 bridgehead atoms. The van der Waals surface area contributed by atoms with Crippen LogP contribution < -0.4 is 0 Å². The molecule has 0 aliphatic rings. The summed E-state index contributed by atoms with van der Waals surface area (Å²) >= 11 is 0. The van der Waals surface area contributed by atoms with Crippen molar-refractivity contribution >= 4 is 45.4 Å². The molecule has 2 aromatic carbocycles. The fourth-order valence-corrected chi connectivity index (χ4v) is 4.25. The van der Waals surface area contributed by atoms with Gasteiger partial charge in [0.25, 0.3) is 5.91 Å². The standard InChI is InChI=1S/C25H29N3O5/c1-7-27-23-11-9-8-10-21(23)25-16(3)20(12-13-24(25)27)22(26-32-18(5)30)14-15(2)28(17(4)29)33-19(6)31/h8-13,15H,7,14H2,1-6H3/b26-22+. The minimum atomic E-state index is -0.597. The number of aromatic nitrogens is 1. The highest BCUT2D eigenvalue weighted by Gasteiger charge is 2.25. The number of oxime groups is 1. The third-order valence-electron chi connectivity index (χ3n) is 5.54. The van der Waals surface area contributed by atoms with Crippen LogP contribution in [0.3, 0.4) is 0 Å². The number of fused-ring (bicyclic) bond motifs is 3. The number of hydrogen-bond donors (Lipinski definition) is 0. The highest BCUT2D eigenvalue weighted by Crippen LogP contribution is 2.33. The van der Waals surface area contributed by atoms with Crippen molar-refractivity contribution in [3.05, 3.63) is 47.5 Å². The van der Waals surface area contributed by atoms with Gasteiger partial charge in [-0.3, -0.25) is 9.59 Å². The van der Waals surface area contributed by atoms with Crippen molar-refractivity contribution in [2.24, 2.45) is 5.16 Å². The van der Waals surface area contributed by atoms with Gasteiger partial charge < -0.3 is 14.2 Å². The van der Waals surface area contributed by atoms with Gasteiger partial charge in [0.15, 0.2) is 0 Å². The van der Waals surface area contributed by atoms with E-state index < -0.39 is 23.9 Å². The van der Waals surface area contributed by atoms with Crippen molar-refractivity contribution in [1.29, 1.82) is 0 Å². The van der Waals surface area contributed by atoms with Crippen LogP contribution in [-0.4, -0.2) is 39.2 Å². The average Bonchev–Trinajstić information content (AvgIpc) is 3.09. The van der Waals surface area contributed by atoms with Gasteiger partial charge in [0.1, 0.15) is 0 Å². The minimum absolute atomic E-state index is 0.207. The summed E-state index contributed by atoms with van der Waals surface area (Å²) in [6.07, 6.45) is 0.207. The molecule has 1 atom stereocenters. The third-order valence-corrected chi connectivity index (χ3v) is 5.54. The Morgan fingerprint density at radius 3 is 2.33 bits per heavy atom. The van der Waals surface area contributed by atoms with Gasteiger partial charge in [0.2, 0.25) is 0 Å². The molecule has 8 heteroatoms. The summed E-state index contributed by atoms with van der Waals surface area (Å²) in [7, 11) is 0. The lowest BCUT2D eigenvalue weighted by Crippen LogP contribution is -2.39. The highest BCUT2D eigenvalue weighted by molar-refractivity contribution is 6.14. The van der Waals surface area contributed by atoms with Gasteiger partial charge in [0, 0.05) is 61.1 Å². The quantitative estimate of drug-likeness (QED) is 0.313. The molecule has 174 valence electrons. The van der Waals surface area contributed by atoms with Crippen molar-refractivity contribution in [3.8, 4) is 0 Å². The van der Waals surface area contributed by atoms with Gasteiger partial charge in [-0.15, -0.1) is 0 Å². The second-order valence-electron chi connectivity index (χ2n) is 8.00. The Bertz CT molecular complexity index is 1260. The van der Waals surface area contributed by atoms with Gasteiger partial charge in [0.05, 0.1) is 11.8 Å². The van der Waals surface area contributed by atoms with Gasteiger partial charge in [-0.2, -0.15) is 5.06 Å². The highest BCUT2D eigenvalue weighted by atomic mass is 16.7. The van der Waals surface area contributed by atoms with Crippen molar-refractivity contribution in [2.45, 2.75) is 60.5 Å². The topological polar surface area (TPSA) is 90.2 Å². The first kappa shape index (κ1) is 24.0. The van der Waals surface area contributed by atoms with Crippen LogP contribution in [0.2, 0.25) is 0 Å². The Hall–Kier alpha value is -3.68. The number of hydroxylamine groups is 2. The summed E-state index contributed by atoms with van der Waals surface area (Å²) in [5, 5.41) is 7.35. The number of para-hydroxylation sites is 1. The predicted molar refractivity (Wildman–Crippen MR) is 127 cm³/mol. The minimum Gasteiger partial charge on any atom is -0.341 e. The zero-order valence-corrected chi connectivity index (χ0v) is 19.8. The number of aryl methyl sites for hydroxylation is 2. The number of carbonyl (C=O) groups excluding carboxylic acids is 3. The maximum Gasteiger partial charge on any atom is 0.331 e. The Morgan fingerprint density at radius 2 is 1.73 bits per heavy atom. The molecular formula is C25H29N3O5. The van der Waals surface area contributed by atoms with E-state index in [1.165, 1.54) is 20.8 Å². The third kappa shape index (κ3) is 4.89. The predicted octanol–water partition coefficient (Wildman–Crippen LogP) is 4.50. The van der Waals surface area contributed by atoms with E-state index in [2.05, 4.69) is 28.8 Å². The molecule has 3 aromatic rings. The largest absolute Gasteiger partial charge is 0.341 e. The Labute approximate surface area is 192 Å². The van der Waals surface area contributed by atoms with Crippen molar-refractivity contribution in [2.75, 3.05) is 0 Å². The number of rotatable bonds is 6. The number of amides is 1. The molecule has 0 spiro atoms. The van der Waals surface area contributed by atoms with Gasteiger partial charge >= 0.3 is 11.9 Å². The molecule has 0 saturated heterocycles. The molecule has 0 fully saturated rings. The maximum absolute atomic E-state index is 12.0. The van der Waals surface area contributed by atoms with E-state index in [9.17, 15) is 14.4 Å². The Balaban J connectivity index is 2.14. The summed E-state index contributed by atoms with van der Waals surface area (Å²) in [5.41, 5.74) is 4.49. The molecular weight excluding hydrogens is 422 g/mol. The van der Waals surface area contributed by atoms with E-state index in [-0.39, 0.29) is 6.42 Å². The Kier molecular flexibility index (Phi) is 7.16. The molecule has 1 unspecified atom stereocenters. The van der Waals surface area contributed by atoms with Crippen LogP contribution in [0.15, 0.2) is 41.6 Å². The summed E-state index contributed by atoms with van der Waals surface area (Å²) in [5.74, 6) is -1.56. The fourth-order valence-electron chi connectivity index (χ4n) is 4.25. The molecule has 1 aromatic heterocycles. The van der Waals surface area contributed by atoms with Crippen LogP contribution in [0, 0.1) is 6.92 Å². The molecule has 0 N–H and O–H groups in total. The molecule has 0 radical (unpaired) electrons. The molecule has 0 aliphatic carbocycles. The number of benzene rings is 2. The smallest absolute Gasteiger partial charge is 0.331 e. The van der Waals surface area contributed by atoms with Crippen molar-refractivity contribution < 1.29 is 24.1 Å². The van der Waals surface area contributed by atoms with E-state index in [1.54, 1.807) is 6.92 Å². The maximum atomic E-state index is 12.0. The molecule has 0 saturated carbocycles. The Morgan fingerprint density at radius 1 is 1.03 bits per heavy atom. The molecule has 1 amide bonds. The van der Waals surface area contributed by atoms with Gasteiger partial charge in [-0.25, -0.2) is 4.79 Å². The first-order valence-corrected chi connectivity index (χ1v) is 10.9. The monoisotopic (exact) mass is 451 g/mol. The summed E-state index contributed by atoms with van der Waals surface area (Å²) in [6.45, 7) is 10.5. The zero-order valence-electron chi connectivity index (χ0n) is 19.8. The second kappa shape index (κ2) is 9.85. The normalized spacial score (nSPS) is 12.6. The van der Waals surface area contributed by atoms with Crippen LogP contribution in [0.1, 0.15) is 52.2 Å². The van der Waals surface area contributed by atoms with Crippen LogP contribution in [0.4, 0.5) is 0 Å². The van der Waals surface area contributed by atoms with Crippen molar-refractivity contribution in [3.63, 3.8) is 0 Å². The lowest BCUT2D eigenvalue weighted by molar-refractivity contribution is -0.202. The van der Waals surface area contributed by atoms with Crippen LogP contribution >= 0.6 is 0 Å². The van der Waals surface area contributed by atoms with E-state index in [0.717, 1.165) is 44.5 Å². The van der Waals surface area contributed by atoms with Crippen LogP contribution in [-0.2, 0) is 30.6 Å². The number of nitrogens with zero attached hydrogens (tertiary/aromatic N) is 3. The van der Waals surface area contributed by atoms with Crippen LogP contribution in [0.25, 0.3) is 21.8 Å². The molecule has 8 nitrogen and oxygen atoms in total. The summed E-state index contributed by atoms with van der Waals surface area (Å²) in [6, 6.07) is 11.7. The fraction of sp³-hybridized carbons (Fsp3) is 0.360. The second-order valence-corrected chi connectivity index (χ2v) is 8.00. The first-order chi connectivity index (χ1) is 15.6. The van der Waals surface area contributed by atoms with Gasteiger partial charge in [-0.1, -0.05) is 29.4 Å². The van der Waals surface area contributed by atoms with Gasteiger partial charge in [-0.05, 0) is 38.5 Å². The number of hydrogen-bond acceptors (Lipinski definition) is 6. The van der Waals surface area contributed by atoms with Crippen LogP contribution in [0.5, 0.6) is 0 Å². The SMILES string of the molecule is CCn1c2ccccc2c2c(C)c(/C(CC(C)N(OC(C)=O)C(C)=O)=N/OC(C)=O)ccc21. The molecule has 0 aliphatic heterocycles. The first-order valence-electron chi connectivity index (χ1n) is 10.9. The summed E-state index contributed by atoms with van der Waals surface area (Å²) in [4.78, 5) is 45.1. The lowest BCUT2D eigenvalue weighted by atomic mass is 9.95. The van der Waals surface area contributed by atoms with E-state index in [4.69, 9.17) is 9.68 Å². The van der Waals surface area contributed by atoms with Crippen molar-refractivity contribution in [1.82, 2.24) is 9.63 Å². The van der Waals surface area contributed by atoms with E-state index in [1.807, 2.05) is 31.2 Å². The summed E-state index contributed by atoms with van der Waals surface area (Å²) < 4.78 is 2.26. The van der Waals surface area contributed by atoms with E-state index in [0.29, 0.717) is 5.71 Å². The number of carbonyl (C=O) groups is 3. The molecule has 33 heavy (non-hydrogen) atoms. The van der Waals surface area contributed by atoms with E-state index >= 15 is 0 Å². The average molecular weight is 452 g/mol. The molecule has 3 rings (SSSR count).